The average Bonchev–Trinajstić information content (AvgIpc) is 2.65. The molecule has 1 aromatic heterocycles. The standard InChI is InChI=1S/C16H21NO2/c1-10(2)17-13-8-15(9-13)19-14-4-5-16-12(7-14)6-11(3)18-16/h4-7,10,13,15,17H,8-9H2,1-3H3/t13-,15+. The average molecular weight is 259 g/mol. The Morgan fingerprint density at radius 2 is 2.05 bits per heavy atom. The van der Waals surface area contributed by atoms with Gasteiger partial charge in [0.05, 0.1) is 0 Å². The van der Waals surface area contributed by atoms with Crippen LogP contribution in [0.15, 0.2) is 28.7 Å². The first-order valence-corrected chi connectivity index (χ1v) is 7.03. The first kappa shape index (κ1) is 12.5. The summed E-state index contributed by atoms with van der Waals surface area (Å²) in [7, 11) is 0. The third kappa shape index (κ3) is 2.76. The van der Waals surface area contributed by atoms with E-state index in [9.17, 15) is 0 Å². The molecule has 19 heavy (non-hydrogen) atoms. The van der Waals surface area contributed by atoms with Gasteiger partial charge in [0.25, 0.3) is 0 Å². The molecule has 1 aliphatic carbocycles. The highest BCUT2D eigenvalue weighted by atomic mass is 16.5. The highest BCUT2D eigenvalue weighted by Gasteiger charge is 2.30. The first-order chi connectivity index (χ1) is 9.10. The van der Waals surface area contributed by atoms with Gasteiger partial charge in [-0.2, -0.15) is 0 Å². The van der Waals surface area contributed by atoms with Gasteiger partial charge in [-0.05, 0) is 44.0 Å². The van der Waals surface area contributed by atoms with Crippen LogP contribution < -0.4 is 10.1 Å². The van der Waals surface area contributed by atoms with Crippen LogP contribution in [0.2, 0.25) is 0 Å². The van der Waals surface area contributed by atoms with Gasteiger partial charge in [0, 0.05) is 17.5 Å². The SMILES string of the molecule is Cc1cc2cc(O[C@H]3C[C@@H](NC(C)C)C3)ccc2o1. The monoisotopic (exact) mass is 259 g/mol. The maximum atomic E-state index is 6.00. The molecule has 0 bridgehead atoms. The van der Waals surface area contributed by atoms with Crippen molar-refractivity contribution in [3.8, 4) is 5.75 Å². The number of nitrogens with one attached hydrogen (secondary N) is 1. The van der Waals surface area contributed by atoms with E-state index in [2.05, 4.69) is 25.2 Å². The largest absolute Gasteiger partial charge is 0.490 e. The van der Waals surface area contributed by atoms with E-state index in [0.29, 0.717) is 18.2 Å². The fourth-order valence-corrected chi connectivity index (χ4v) is 2.69. The second-order valence-corrected chi connectivity index (χ2v) is 5.79. The molecular weight excluding hydrogens is 238 g/mol. The predicted octanol–water partition coefficient (Wildman–Crippen LogP) is 3.65. The normalized spacial score (nSPS) is 22.7. The van der Waals surface area contributed by atoms with Crippen LogP contribution in [0.25, 0.3) is 11.0 Å². The number of benzene rings is 1. The van der Waals surface area contributed by atoms with Crippen LogP contribution in [-0.4, -0.2) is 18.2 Å². The van der Waals surface area contributed by atoms with Gasteiger partial charge in [-0.25, -0.2) is 0 Å². The molecule has 1 N–H and O–H groups in total. The number of aryl methyl sites for hydroxylation is 1. The highest BCUT2D eigenvalue weighted by Crippen LogP contribution is 2.29. The summed E-state index contributed by atoms with van der Waals surface area (Å²) in [6.45, 7) is 6.33. The Hall–Kier alpha value is -1.48. The summed E-state index contributed by atoms with van der Waals surface area (Å²) in [5.74, 6) is 1.89. The predicted molar refractivity (Wildman–Crippen MR) is 76.7 cm³/mol. The second-order valence-electron chi connectivity index (χ2n) is 5.79. The van der Waals surface area contributed by atoms with Crippen LogP contribution >= 0.6 is 0 Å². The van der Waals surface area contributed by atoms with Crippen molar-refractivity contribution in [2.75, 3.05) is 0 Å². The molecule has 1 saturated carbocycles. The number of rotatable bonds is 4. The molecule has 0 aliphatic heterocycles. The van der Waals surface area contributed by atoms with E-state index in [1.807, 2.05) is 25.1 Å². The maximum Gasteiger partial charge on any atom is 0.134 e. The fourth-order valence-electron chi connectivity index (χ4n) is 2.69. The Morgan fingerprint density at radius 3 is 2.79 bits per heavy atom. The summed E-state index contributed by atoms with van der Waals surface area (Å²) in [5.41, 5.74) is 0.929. The molecule has 3 nitrogen and oxygen atoms in total. The van der Waals surface area contributed by atoms with E-state index in [1.54, 1.807) is 0 Å². The second kappa shape index (κ2) is 4.89. The zero-order valence-corrected chi connectivity index (χ0v) is 11.8. The summed E-state index contributed by atoms with van der Waals surface area (Å²) in [4.78, 5) is 0. The van der Waals surface area contributed by atoms with Gasteiger partial charge < -0.3 is 14.5 Å². The van der Waals surface area contributed by atoms with E-state index in [-0.39, 0.29) is 0 Å². The van der Waals surface area contributed by atoms with E-state index in [0.717, 1.165) is 35.3 Å². The lowest BCUT2D eigenvalue weighted by molar-refractivity contribution is 0.0816. The van der Waals surface area contributed by atoms with Crippen molar-refractivity contribution >= 4 is 11.0 Å². The van der Waals surface area contributed by atoms with Crippen molar-refractivity contribution in [3.05, 3.63) is 30.0 Å². The third-order valence-electron chi connectivity index (χ3n) is 3.58. The van der Waals surface area contributed by atoms with Crippen molar-refractivity contribution in [3.63, 3.8) is 0 Å². The smallest absolute Gasteiger partial charge is 0.134 e. The zero-order chi connectivity index (χ0) is 13.4. The quantitative estimate of drug-likeness (QED) is 0.910. The van der Waals surface area contributed by atoms with Crippen LogP contribution in [0.5, 0.6) is 5.75 Å². The molecule has 0 spiro atoms. The van der Waals surface area contributed by atoms with Gasteiger partial charge >= 0.3 is 0 Å². The minimum Gasteiger partial charge on any atom is -0.490 e. The lowest BCUT2D eigenvalue weighted by atomic mass is 9.88. The van der Waals surface area contributed by atoms with Crippen molar-refractivity contribution in [1.29, 1.82) is 0 Å². The molecular formula is C16H21NO2. The van der Waals surface area contributed by atoms with Crippen LogP contribution in [-0.2, 0) is 0 Å². The molecule has 1 aromatic carbocycles. The highest BCUT2D eigenvalue weighted by molar-refractivity contribution is 5.79. The van der Waals surface area contributed by atoms with Gasteiger partial charge in [0.1, 0.15) is 23.2 Å². The summed E-state index contributed by atoms with van der Waals surface area (Å²) < 4.78 is 11.6. The molecule has 0 radical (unpaired) electrons. The van der Waals surface area contributed by atoms with Crippen molar-refractivity contribution in [2.24, 2.45) is 0 Å². The Labute approximate surface area is 113 Å². The molecule has 1 heterocycles. The molecule has 1 aliphatic rings. The molecule has 0 unspecified atom stereocenters. The molecule has 0 atom stereocenters. The van der Waals surface area contributed by atoms with Gasteiger partial charge in [-0.15, -0.1) is 0 Å². The molecule has 102 valence electrons. The van der Waals surface area contributed by atoms with E-state index in [4.69, 9.17) is 9.15 Å². The summed E-state index contributed by atoms with van der Waals surface area (Å²) in [5, 5.41) is 4.65. The minimum atomic E-state index is 0.349. The zero-order valence-electron chi connectivity index (χ0n) is 11.8. The van der Waals surface area contributed by atoms with E-state index < -0.39 is 0 Å². The van der Waals surface area contributed by atoms with Crippen LogP contribution in [0.1, 0.15) is 32.4 Å². The number of fused-ring (bicyclic) bond motifs is 1. The lowest BCUT2D eigenvalue weighted by Crippen LogP contribution is -2.49. The number of ether oxygens (including phenoxy) is 1. The summed E-state index contributed by atoms with van der Waals surface area (Å²) in [6, 6.07) is 9.26. The first-order valence-electron chi connectivity index (χ1n) is 7.03. The summed E-state index contributed by atoms with van der Waals surface area (Å²) in [6.07, 6.45) is 2.54. The molecule has 2 aromatic rings. The molecule has 3 heteroatoms. The Bertz CT molecular complexity index is 567. The topological polar surface area (TPSA) is 34.4 Å². The van der Waals surface area contributed by atoms with Gasteiger partial charge in [0.15, 0.2) is 0 Å². The van der Waals surface area contributed by atoms with Crippen molar-refractivity contribution in [1.82, 2.24) is 5.32 Å². The molecule has 0 amide bonds. The van der Waals surface area contributed by atoms with Gasteiger partial charge in [-0.3, -0.25) is 0 Å². The van der Waals surface area contributed by atoms with E-state index in [1.165, 1.54) is 0 Å². The van der Waals surface area contributed by atoms with Crippen LogP contribution in [0.3, 0.4) is 0 Å². The molecule has 3 rings (SSSR count). The third-order valence-corrected chi connectivity index (χ3v) is 3.58. The van der Waals surface area contributed by atoms with Gasteiger partial charge in [0.2, 0.25) is 0 Å². The lowest BCUT2D eigenvalue weighted by Gasteiger charge is -2.37. The fraction of sp³-hybridized carbons (Fsp3) is 0.500. The Balaban J connectivity index is 1.60. The Kier molecular flexibility index (Phi) is 3.23. The van der Waals surface area contributed by atoms with Gasteiger partial charge in [-0.1, -0.05) is 13.8 Å². The van der Waals surface area contributed by atoms with E-state index >= 15 is 0 Å². The van der Waals surface area contributed by atoms with Crippen LogP contribution in [0.4, 0.5) is 0 Å². The number of hydrogen-bond donors (Lipinski definition) is 1. The number of furan rings is 1. The van der Waals surface area contributed by atoms with Crippen molar-refractivity contribution < 1.29 is 9.15 Å². The van der Waals surface area contributed by atoms with Crippen LogP contribution in [0, 0.1) is 6.92 Å². The molecule has 1 fully saturated rings. The number of hydrogen-bond acceptors (Lipinski definition) is 3. The maximum absolute atomic E-state index is 6.00. The molecule has 0 saturated heterocycles. The van der Waals surface area contributed by atoms with Crippen molar-refractivity contribution in [2.45, 2.75) is 51.8 Å². The Morgan fingerprint density at radius 1 is 1.26 bits per heavy atom. The summed E-state index contributed by atoms with van der Waals surface area (Å²) >= 11 is 0. The minimum absolute atomic E-state index is 0.349.